The third-order valence-corrected chi connectivity index (χ3v) is 7.23. The molecule has 0 bridgehead atoms. The minimum atomic E-state index is -0.258. The Kier molecular flexibility index (Phi) is 4.06. The minimum absolute atomic E-state index is 0.0375. The Labute approximate surface area is 149 Å². The first-order valence-corrected chi connectivity index (χ1v) is 9.68. The van der Waals surface area contributed by atoms with Crippen molar-refractivity contribution in [1.29, 1.82) is 0 Å². The predicted octanol–water partition coefficient (Wildman–Crippen LogP) is 3.92. The maximum atomic E-state index is 11.9. The van der Waals surface area contributed by atoms with Crippen molar-refractivity contribution in [2.45, 2.75) is 70.8 Å². The highest BCUT2D eigenvalue weighted by atomic mass is 16.5. The molecule has 4 nitrogen and oxygen atoms in total. The van der Waals surface area contributed by atoms with Crippen LogP contribution in [0, 0.1) is 17.3 Å². The van der Waals surface area contributed by atoms with E-state index in [0.29, 0.717) is 29.9 Å². The van der Waals surface area contributed by atoms with Gasteiger partial charge in [-0.1, -0.05) is 13.8 Å². The number of esters is 1. The standard InChI is InChI=1S/C21H28O4/c1-3-19(24)25-17-11-13(22)10-12-4-5-14-15(20(12)17)8-9-21(2)16(14)6-7-18(21)23/h10-11,14-16,18,22-23H,3-9H2,1-2H3/t14-,15+,16+,18-,21+/m1/s1. The smallest absolute Gasteiger partial charge is 0.310 e. The Bertz CT molecular complexity index is 697. The van der Waals surface area contributed by atoms with Gasteiger partial charge in [-0.2, -0.15) is 0 Å². The number of carbonyl (C=O) groups excluding carboxylic acids is 1. The van der Waals surface area contributed by atoms with Crippen molar-refractivity contribution in [3.63, 3.8) is 0 Å². The molecule has 2 fully saturated rings. The largest absolute Gasteiger partial charge is 0.508 e. The van der Waals surface area contributed by atoms with Crippen LogP contribution in [-0.2, 0) is 11.2 Å². The van der Waals surface area contributed by atoms with Crippen LogP contribution in [0.3, 0.4) is 0 Å². The highest BCUT2D eigenvalue weighted by Gasteiger charge is 2.54. The zero-order chi connectivity index (χ0) is 17.8. The summed E-state index contributed by atoms with van der Waals surface area (Å²) in [5.74, 6) is 1.91. The summed E-state index contributed by atoms with van der Waals surface area (Å²) in [5, 5.41) is 20.6. The van der Waals surface area contributed by atoms with Crippen LogP contribution in [0.25, 0.3) is 0 Å². The molecule has 2 N–H and O–H groups in total. The summed E-state index contributed by atoms with van der Waals surface area (Å²) in [7, 11) is 0. The van der Waals surface area contributed by atoms with Crippen LogP contribution in [-0.4, -0.2) is 22.3 Å². The maximum Gasteiger partial charge on any atom is 0.310 e. The van der Waals surface area contributed by atoms with E-state index in [-0.39, 0.29) is 23.2 Å². The molecule has 0 spiro atoms. The molecule has 136 valence electrons. The first kappa shape index (κ1) is 16.9. The van der Waals surface area contributed by atoms with Gasteiger partial charge < -0.3 is 14.9 Å². The van der Waals surface area contributed by atoms with E-state index >= 15 is 0 Å². The predicted molar refractivity (Wildman–Crippen MR) is 94.7 cm³/mol. The molecule has 0 heterocycles. The van der Waals surface area contributed by atoms with Crippen molar-refractivity contribution < 1.29 is 19.7 Å². The van der Waals surface area contributed by atoms with Gasteiger partial charge in [-0.15, -0.1) is 0 Å². The average molecular weight is 344 g/mol. The summed E-state index contributed by atoms with van der Waals surface area (Å²) in [5.41, 5.74) is 2.30. The van der Waals surface area contributed by atoms with Gasteiger partial charge in [0.05, 0.1) is 6.10 Å². The molecule has 0 saturated heterocycles. The molecule has 2 saturated carbocycles. The number of phenols is 1. The number of carbonyl (C=O) groups is 1. The lowest BCUT2D eigenvalue weighted by Gasteiger charge is -2.50. The quantitative estimate of drug-likeness (QED) is 0.630. The number of benzene rings is 1. The van der Waals surface area contributed by atoms with Gasteiger partial charge in [0.25, 0.3) is 0 Å². The minimum Gasteiger partial charge on any atom is -0.508 e. The zero-order valence-electron chi connectivity index (χ0n) is 15.1. The summed E-state index contributed by atoms with van der Waals surface area (Å²) in [6.07, 6.45) is 6.17. The number of aliphatic hydroxyl groups excluding tert-OH is 1. The molecule has 0 aromatic heterocycles. The van der Waals surface area contributed by atoms with Crippen LogP contribution < -0.4 is 4.74 Å². The van der Waals surface area contributed by atoms with Crippen molar-refractivity contribution in [3.05, 3.63) is 23.3 Å². The van der Waals surface area contributed by atoms with E-state index in [1.54, 1.807) is 13.0 Å². The molecule has 0 unspecified atom stereocenters. The number of phenolic OH excluding ortho intramolecular Hbond substituents is 1. The Hall–Kier alpha value is -1.55. The Morgan fingerprint density at radius 1 is 1.28 bits per heavy atom. The second kappa shape index (κ2) is 6.01. The molecule has 1 aromatic carbocycles. The molecule has 3 aliphatic carbocycles. The van der Waals surface area contributed by atoms with Crippen molar-refractivity contribution >= 4 is 5.97 Å². The highest BCUT2D eigenvalue weighted by Crippen LogP contribution is 2.62. The van der Waals surface area contributed by atoms with E-state index in [1.165, 1.54) is 0 Å². The Morgan fingerprint density at radius 3 is 2.84 bits per heavy atom. The number of ether oxygens (including phenoxy) is 1. The third kappa shape index (κ3) is 2.57. The van der Waals surface area contributed by atoms with Crippen LogP contribution >= 0.6 is 0 Å². The van der Waals surface area contributed by atoms with Crippen molar-refractivity contribution in [1.82, 2.24) is 0 Å². The van der Waals surface area contributed by atoms with Gasteiger partial charge in [0.1, 0.15) is 11.5 Å². The Balaban J connectivity index is 1.73. The fourth-order valence-electron chi connectivity index (χ4n) is 5.92. The van der Waals surface area contributed by atoms with E-state index in [2.05, 4.69) is 6.92 Å². The first-order chi connectivity index (χ1) is 11.9. The van der Waals surface area contributed by atoms with E-state index < -0.39 is 0 Å². The average Bonchev–Trinajstić information content (AvgIpc) is 2.89. The lowest BCUT2D eigenvalue weighted by Crippen LogP contribution is -2.44. The second-order valence-electron chi connectivity index (χ2n) is 8.40. The van der Waals surface area contributed by atoms with Crippen molar-refractivity contribution in [3.8, 4) is 11.5 Å². The van der Waals surface area contributed by atoms with Crippen LogP contribution in [0.15, 0.2) is 12.1 Å². The molecule has 25 heavy (non-hydrogen) atoms. The van der Waals surface area contributed by atoms with Gasteiger partial charge in [0, 0.05) is 18.1 Å². The van der Waals surface area contributed by atoms with Gasteiger partial charge in [-0.3, -0.25) is 4.79 Å². The van der Waals surface area contributed by atoms with Gasteiger partial charge >= 0.3 is 5.97 Å². The van der Waals surface area contributed by atoms with Crippen LogP contribution in [0.1, 0.15) is 69.4 Å². The number of aliphatic hydroxyl groups is 1. The summed E-state index contributed by atoms with van der Waals surface area (Å²) >= 11 is 0. The van der Waals surface area contributed by atoms with Crippen LogP contribution in [0.4, 0.5) is 0 Å². The normalized spacial score (nSPS) is 36.3. The number of aryl methyl sites for hydroxylation is 1. The molecule has 5 atom stereocenters. The zero-order valence-corrected chi connectivity index (χ0v) is 15.1. The molecule has 0 amide bonds. The summed E-state index contributed by atoms with van der Waals surface area (Å²) in [6.45, 7) is 4.04. The molecule has 0 radical (unpaired) electrons. The molecule has 4 rings (SSSR count). The van der Waals surface area contributed by atoms with E-state index in [9.17, 15) is 15.0 Å². The monoisotopic (exact) mass is 344 g/mol. The summed E-state index contributed by atoms with van der Waals surface area (Å²) in [6, 6.07) is 3.44. The number of hydrogen-bond donors (Lipinski definition) is 2. The molecule has 4 heteroatoms. The van der Waals surface area contributed by atoms with Crippen molar-refractivity contribution in [2.75, 3.05) is 0 Å². The van der Waals surface area contributed by atoms with E-state index in [0.717, 1.165) is 49.7 Å². The van der Waals surface area contributed by atoms with Gasteiger partial charge in [-0.05, 0) is 73.3 Å². The number of rotatable bonds is 2. The first-order valence-electron chi connectivity index (χ1n) is 9.68. The molecule has 1 aromatic rings. The van der Waals surface area contributed by atoms with E-state index in [4.69, 9.17) is 4.74 Å². The summed E-state index contributed by atoms with van der Waals surface area (Å²) < 4.78 is 5.60. The lowest BCUT2D eigenvalue weighted by atomic mass is 9.55. The fourth-order valence-corrected chi connectivity index (χ4v) is 5.92. The second-order valence-corrected chi connectivity index (χ2v) is 8.40. The van der Waals surface area contributed by atoms with Crippen LogP contribution in [0.2, 0.25) is 0 Å². The molecule has 3 aliphatic rings. The number of hydrogen-bond acceptors (Lipinski definition) is 4. The molecular formula is C21H28O4. The van der Waals surface area contributed by atoms with Crippen molar-refractivity contribution in [2.24, 2.45) is 17.3 Å². The van der Waals surface area contributed by atoms with Crippen LogP contribution in [0.5, 0.6) is 11.5 Å². The number of fused-ring (bicyclic) bond motifs is 5. The molecular weight excluding hydrogens is 316 g/mol. The van der Waals surface area contributed by atoms with Gasteiger partial charge in [-0.25, -0.2) is 0 Å². The third-order valence-electron chi connectivity index (χ3n) is 7.23. The van der Waals surface area contributed by atoms with Gasteiger partial charge in [0.15, 0.2) is 0 Å². The SMILES string of the molecule is CCC(=O)Oc1cc(O)cc2c1[C@H]1CC[C@]3(C)[C@H](O)CC[C@H]3[C@@H]1CC2. The highest BCUT2D eigenvalue weighted by molar-refractivity contribution is 5.73. The molecule has 0 aliphatic heterocycles. The summed E-state index contributed by atoms with van der Waals surface area (Å²) in [4.78, 5) is 11.9. The number of aromatic hydroxyl groups is 1. The van der Waals surface area contributed by atoms with Gasteiger partial charge in [0.2, 0.25) is 0 Å². The Morgan fingerprint density at radius 2 is 2.08 bits per heavy atom. The topological polar surface area (TPSA) is 66.8 Å². The fraction of sp³-hybridized carbons (Fsp3) is 0.667. The van der Waals surface area contributed by atoms with E-state index in [1.807, 2.05) is 6.07 Å². The maximum absolute atomic E-state index is 11.9. The lowest BCUT2D eigenvalue weighted by molar-refractivity contribution is -0.134.